The highest BCUT2D eigenvalue weighted by Gasteiger charge is 2.05. The molecule has 0 spiro atoms. The Hall–Kier alpha value is -0.640. The van der Waals surface area contributed by atoms with Crippen molar-refractivity contribution in [3.05, 3.63) is 5.82 Å². The van der Waals surface area contributed by atoms with Gasteiger partial charge in [0.05, 0.1) is 0 Å². The molecule has 0 aliphatic carbocycles. The predicted molar refractivity (Wildman–Crippen MR) is 61.9 cm³/mol. The van der Waals surface area contributed by atoms with E-state index in [1.165, 1.54) is 30.8 Å². The first kappa shape index (κ1) is 11.4. The third kappa shape index (κ3) is 3.62. The first-order chi connectivity index (χ1) is 6.76. The molecule has 1 atom stereocenters. The van der Waals surface area contributed by atoms with E-state index < -0.39 is 0 Å². The second-order valence-corrected chi connectivity index (χ2v) is 4.31. The highest BCUT2D eigenvalue weighted by Crippen LogP contribution is 2.14. The van der Waals surface area contributed by atoms with Gasteiger partial charge in [-0.1, -0.05) is 26.7 Å². The molecule has 0 aliphatic rings. The molecule has 1 heterocycles. The van der Waals surface area contributed by atoms with E-state index in [-0.39, 0.29) is 0 Å². The van der Waals surface area contributed by atoms with Crippen molar-refractivity contribution in [3.63, 3.8) is 0 Å². The van der Waals surface area contributed by atoms with Crippen LogP contribution in [0.4, 0.5) is 5.13 Å². The van der Waals surface area contributed by atoms with E-state index in [1.54, 1.807) is 0 Å². The van der Waals surface area contributed by atoms with Gasteiger partial charge in [-0.2, -0.15) is 4.37 Å². The van der Waals surface area contributed by atoms with Gasteiger partial charge in [0.25, 0.3) is 0 Å². The summed E-state index contributed by atoms with van der Waals surface area (Å²) >= 11 is 1.46. The Morgan fingerprint density at radius 2 is 2.21 bits per heavy atom. The van der Waals surface area contributed by atoms with Crippen LogP contribution in [0.2, 0.25) is 0 Å². The normalized spacial score (nSPS) is 12.8. The zero-order chi connectivity index (χ0) is 10.4. The summed E-state index contributed by atoms with van der Waals surface area (Å²) in [5.41, 5.74) is 0. The summed E-state index contributed by atoms with van der Waals surface area (Å²) in [6.07, 6.45) is 4.65. The minimum absolute atomic E-state index is 0.507. The maximum atomic E-state index is 4.37. The van der Waals surface area contributed by atoms with Gasteiger partial charge >= 0.3 is 0 Å². The number of aromatic nitrogens is 2. The predicted octanol–water partition coefficient (Wildman–Crippen LogP) is 3.09. The Bertz CT molecular complexity index is 260. The number of nitrogens with one attached hydrogen (secondary N) is 1. The van der Waals surface area contributed by atoms with E-state index in [1.807, 2.05) is 0 Å². The van der Waals surface area contributed by atoms with Crippen LogP contribution in [0.3, 0.4) is 0 Å². The quantitative estimate of drug-likeness (QED) is 0.789. The fourth-order valence-electron chi connectivity index (χ4n) is 1.25. The molecular weight excluding hydrogens is 194 g/mol. The maximum absolute atomic E-state index is 4.37. The van der Waals surface area contributed by atoms with E-state index in [0.29, 0.717) is 6.04 Å². The zero-order valence-corrected chi connectivity index (χ0v) is 10.0. The highest BCUT2D eigenvalue weighted by atomic mass is 32.1. The molecule has 3 nitrogen and oxygen atoms in total. The molecule has 1 N–H and O–H groups in total. The standard InChI is InChI=1S/C10H19N3S/c1-4-6-7-8(3)11-10-12-9(5-2)13-14-10/h8H,4-7H2,1-3H3,(H,11,12,13). The minimum Gasteiger partial charge on any atom is -0.358 e. The average Bonchev–Trinajstić information content (AvgIpc) is 2.62. The van der Waals surface area contributed by atoms with Crippen LogP contribution in [0.25, 0.3) is 0 Å². The van der Waals surface area contributed by atoms with Gasteiger partial charge in [0, 0.05) is 24.0 Å². The summed E-state index contributed by atoms with van der Waals surface area (Å²) in [5.74, 6) is 0.945. The lowest BCUT2D eigenvalue weighted by atomic mass is 10.1. The molecular formula is C10H19N3S. The van der Waals surface area contributed by atoms with E-state index in [4.69, 9.17) is 0 Å². The van der Waals surface area contributed by atoms with Gasteiger partial charge in [0.15, 0.2) is 0 Å². The Labute approximate surface area is 90.1 Å². The average molecular weight is 213 g/mol. The second kappa shape index (κ2) is 5.96. The van der Waals surface area contributed by atoms with Crippen LogP contribution < -0.4 is 5.32 Å². The summed E-state index contributed by atoms with van der Waals surface area (Å²) in [4.78, 5) is 4.37. The van der Waals surface area contributed by atoms with Gasteiger partial charge in [-0.25, -0.2) is 4.98 Å². The van der Waals surface area contributed by atoms with Crippen LogP contribution in [-0.4, -0.2) is 15.4 Å². The highest BCUT2D eigenvalue weighted by molar-refractivity contribution is 7.09. The molecule has 1 aromatic heterocycles. The summed E-state index contributed by atoms with van der Waals surface area (Å²) in [6, 6.07) is 0.507. The van der Waals surface area contributed by atoms with Gasteiger partial charge in [0.2, 0.25) is 5.13 Å². The van der Waals surface area contributed by atoms with Gasteiger partial charge < -0.3 is 5.32 Å². The molecule has 0 saturated heterocycles. The molecule has 0 fully saturated rings. The van der Waals surface area contributed by atoms with Gasteiger partial charge in [-0.15, -0.1) is 0 Å². The molecule has 1 aromatic rings. The lowest BCUT2D eigenvalue weighted by Crippen LogP contribution is -2.14. The van der Waals surface area contributed by atoms with Crippen molar-refractivity contribution in [2.45, 2.75) is 52.5 Å². The van der Waals surface area contributed by atoms with Crippen molar-refractivity contribution in [1.82, 2.24) is 9.36 Å². The van der Waals surface area contributed by atoms with Gasteiger partial charge in [0.1, 0.15) is 5.82 Å². The van der Waals surface area contributed by atoms with Crippen LogP contribution in [-0.2, 0) is 6.42 Å². The molecule has 0 amide bonds. The van der Waals surface area contributed by atoms with Crippen LogP contribution in [0, 0.1) is 0 Å². The van der Waals surface area contributed by atoms with E-state index in [9.17, 15) is 0 Å². The largest absolute Gasteiger partial charge is 0.358 e. The fourth-order valence-corrected chi connectivity index (χ4v) is 2.01. The number of unbranched alkanes of at least 4 members (excludes halogenated alkanes) is 1. The fraction of sp³-hybridized carbons (Fsp3) is 0.800. The number of aryl methyl sites for hydroxylation is 1. The van der Waals surface area contributed by atoms with Crippen molar-refractivity contribution in [3.8, 4) is 0 Å². The van der Waals surface area contributed by atoms with E-state index in [2.05, 4.69) is 35.4 Å². The van der Waals surface area contributed by atoms with Gasteiger partial charge in [-0.05, 0) is 13.3 Å². The summed E-state index contributed by atoms with van der Waals surface area (Å²) in [6.45, 7) is 6.49. The molecule has 14 heavy (non-hydrogen) atoms. The molecule has 0 radical (unpaired) electrons. The van der Waals surface area contributed by atoms with Gasteiger partial charge in [-0.3, -0.25) is 0 Å². The van der Waals surface area contributed by atoms with Crippen molar-refractivity contribution in [2.24, 2.45) is 0 Å². The Morgan fingerprint density at radius 3 is 2.79 bits per heavy atom. The zero-order valence-electron chi connectivity index (χ0n) is 9.21. The van der Waals surface area contributed by atoms with Crippen LogP contribution in [0.1, 0.15) is 45.9 Å². The third-order valence-corrected chi connectivity index (χ3v) is 2.83. The number of anilines is 1. The van der Waals surface area contributed by atoms with E-state index >= 15 is 0 Å². The molecule has 0 bridgehead atoms. The summed E-state index contributed by atoms with van der Waals surface area (Å²) in [5, 5.41) is 4.34. The number of nitrogens with zero attached hydrogens (tertiary/aromatic N) is 2. The lowest BCUT2D eigenvalue weighted by molar-refractivity contribution is 0.644. The topological polar surface area (TPSA) is 37.8 Å². The number of hydrogen-bond acceptors (Lipinski definition) is 4. The summed E-state index contributed by atoms with van der Waals surface area (Å²) in [7, 11) is 0. The molecule has 0 saturated carbocycles. The maximum Gasteiger partial charge on any atom is 0.202 e. The molecule has 1 rings (SSSR count). The van der Waals surface area contributed by atoms with Crippen LogP contribution >= 0.6 is 11.5 Å². The van der Waals surface area contributed by atoms with Crippen LogP contribution in [0.15, 0.2) is 0 Å². The number of hydrogen-bond donors (Lipinski definition) is 1. The first-order valence-electron chi connectivity index (χ1n) is 5.35. The Morgan fingerprint density at radius 1 is 1.43 bits per heavy atom. The molecule has 0 aromatic carbocycles. The van der Waals surface area contributed by atoms with Crippen molar-refractivity contribution in [2.75, 3.05) is 5.32 Å². The second-order valence-electron chi connectivity index (χ2n) is 3.56. The summed E-state index contributed by atoms with van der Waals surface area (Å²) < 4.78 is 4.24. The minimum atomic E-state index is 0.507. The SMILES string of the molecule is CCCCC(C)Nc1nc(CC)ns1. The molecule has 80 valence electrons. The number of rotatable bonds is 6. The monoisotopic (exact) mass is 213 g/mol. The van der Waals surface area contributed by atoms with Crippen LogP contribution in [0.5, 0.6) is 0 Å². The Balaban J connectivity index is 2.35. The third-order valence-electron chi connectivity index (χ3n) is 2.14. The van der Waals surface area contributed by atoms with Crippen molar-refractivity contribution < 1.29 is 0 Å². The van der Waals surface area contributed by atoms with E-state index in [0.717, 1.165) is 17.4 Å². The first-order valence-corrected chi connectivity index (χ1v) is 6.12. The lowest BCUT2D eigenvalue weighted by Gasteiger charge is -2.10. The van der Waals surface area contributed by atoms with Crippen molar-refractivity contribution in [1.29, 1.82) is 0 Å². The Kier molecular flexibility index (Phi) is 4.87. The smallest absolute Gasteiger partial charge is 0.202 e. The molecule has 4 heteroatoms. The molecule has 1 unspecified atom stereocenters. The van der Waals surface area contributed by atoms with Crippen molar-refractivity contribution >= 4 is 16.7 Å². The molecule has 0 aliphatic heterocycles.